The first-order valence-electron chi connectivity index (χ1n) is 15.4. The van der Waals surface area contributed by atoms with Crippen molar-refractivity contribution < 1.29 is 33.6 Å². The van der Waals surface area contributed by atoms with E-state index in [9.17, 15) is 14.7 Å². The number of benzene rings is 1. The molecule has 0 aromatic heterocycles. The largest absolute Gasteiger partial charge is 0.490 e. The van der Waals surface area contributed by atoms with Crippen LogP contribution in [-0.2, 0) is 25.5 Å². The van der Waals surface area contributed by atoms with E-state index in [-0.39, 0.29) is 33.0 Å². The summed E-state index contributed by atoms with van der Waals surface area (Å²) in [5, 5.41) is 9.56. The monoisotopic (exact) mass is 570 g/mol. The number of aliphatic hydroxyl groups is 1. The summed E-state index contributed by atoms with van der Waals surface area (Å²) >= 11 is 0. The molecule has 41 heavy (non-hydrogen) atoms. The molecule has 2 aliphatic rings. The zero-order chi connectivity index (χ0) is 29.8. The van der Waals surface area contributed by atoms with E-state index < -0.39 is 11.9 Å². The summed E-state index contributed by atoms with van der Waals surface area (Å²) in [4.78, 5) is 23.6. The molecule has 1 aromatic carbocycles. The highest BCUT2D eigenvalue weighted by molar-refractivity contribution is 5.87. The van der Waals surface area contributed by atoms with E-state index in [2.05, 4.69) is 32.2 Å². The number of hydrogen-bond acceptors (Lipinski definition) is 7. The van der Waals surface area contributed by atoms with Crippen LogP contribution in [0.1, 0.15) is 95.6 Å². The summed E-state index contributed by atoms with van der Waals surface area (Å²) in [5.74, 6) is 3.44. The summed E-state index contributed by atoms with van der Waals surface area (Å²) in [6, 6.07) is 4.21. The fourth-order valence-electron chi connectivity index (χ4n) is 6.14. The molecule has 3 rings (SSSR count). The van der Waals surface area contributed by atoms with Crippen molar-refractivity contribution in [3.05, 3.63) is 47.6 Å². The van der Waals surface area contributed by atoms with Crippen molar-refractivity contribution in [1.82, 2.24) is 0 Å². The van der Waals surface area contributed by atoms with Crippen molar-refractivity contribution in [3.63, 3.8) is 0 Å². The molecule has 7 heteroatoms. The Bertz CT molecular complexity index is 975. The summed E-state index contributed by atoms with van der Waals surface area (Å²) in [5.41, 5.74) is 2.72. The third-order valence-corrected chi connectivity index (χ3v) is 8.59. The van der Waals surface area contributed by atoms with Gasteiger partial charge >= 0.3 is 11.9 Å². The number of carbonyl (C=O) groups is 2. The summed E-state index contributed by atoms with van der Waals surface area (Å²) < 4.78 is 22.8. The highest BCUT2D eigenvalue weighted by Crippen LogP contribution is 2.45. The van der Waals surface area contributed by atoms with Gasteiger partial charge in [-0.15, -0.1) is 0 Å². The van der Waals surface area contributed by atoms with Gasteiger partial charge in [0, 0.05) is 23.3 Å². The highest BCUT2D eigenvalue weighted by Gasteiger charge is 2.31. The minimum absolute atomic E-state index is 0.0387. The lowest BCUT2D eigenvalue weighted by Gasteiger charge is -2.37. The fourth-order valence-corrected chi connectivity index (χ4v) is 6.14. The van der Waals surface area contributed by atoms with Crippen LogP contribution >= 0.6 is 0 Å². The molecular formula is C34H50O7. The first-order valence-corrected chi connectivity index (χ1v) is 15.4. The standard InChI is InChI=1S/C34H50O7/c1-23(2)33(36)40-19-17-38-31-21-29(28-14-12-27(13-15-28)26-10-8-25(5)9-11-26)22-32(30(31)7-6-16-35)39-18-20-41-34(37)24(3)4/h21-22,25-28,35H,1,3,6-20H2,2,4-5H3. The summed E-state index contributed by atoms with van der Waals surface area (Å²) in [6.07, 6.45) is 11.4. The molecule has 0 spiro atoms. The molecule has 0 unspecified atom stereocenters. The van der Waals surface area contributed by atoms with E-state index in [0.717, 1.165) is 36.2 Å². The molecule has 228 valence electrons. The maximum Gasteiger partial charge on any atom is 0.333 e. The van der Waals surface area contributed by atoms with Crippen molar-refractivity contribution in [1.29, 1.82) is 0 Å². The average molecular weight is 571 g/mol. The second-order valence-corrected chi connectivity index (χ2v) is 12.0. The Balaban J connectivity index is 1.75. The highest BCUT2D eigenvalue weighted by atomic mass is 16.6. The summed E-state index contributed by atoms with van der Waals surface area (Å²) in [7, 11) is 0. The molecule has 7 nitrogen and oxygen atoms in total. The van der Waals surface area contributed by atoms with Gasteiger partial charge in [-0.2, -0.15) is 0 Å². The van der Waals surface area contributed by atoms with Crippen LogP contribution in [0.15, 0.2) is 36.4 Å². The number of aliphatic hydroxyl groups excluding tert-OH is 1. The molecule has 2 saturated carbocycles. The minimum Gasteiger partial charge on any atom is -0.490 e. The Hall–Kier alpha value is -2.80. The van der Waals surface area contributed by atoms with Crippen LogP contribution in [-0.4, -0.2) is 50.1 Å². The quantitative estimate of drug-likeness (QED) is 0.142. The SMILES string of the molecule is C=C(C)C(=O)OCCOc1cc(C2CCC(C3CCC(C)CC3)CC2)cc(OCCOC(=O)C(=C)C)c1CCCO. The Morgan fingerprint density at radius 2 is 1.24 bits per heavy atom. The van der Waals surface area contributed by atoms with Crippen LogP contribution in [0.3, 0.4) is 0 Å². The maximum atomic E-state index is 11.8. The Labute approximate surface area is 246 Å². The Morgan fingerprint density at radius 1 is 0.780 bits per heavy atom. The normalized spacial score (nSPS) is 22.4. The Morgan fingerprint density at radius 3 is 1.68 bits per heavy atom. The van der Waals surface area contributed by atoms with Gasteiger partial charge in [0.1, 0.15) is 37.9 Å². The van der Waals surface area contributed by atoms with Crippen molar-refractivity contribution in [2.75, 3.05) is 33.0 Å². The third-order valence-electron chi connectivity index (χ3n) is 8.59. The molecule has 2 aliphatic carbocycles. The molecule has 0 atom stereocenters. The van der Waals surface area contributed by atoms with Gasteiger partial charge in [-0.25, -0.2) is 9.59 Å². The van der Waals surface area contributed by atoms with E-state index in [1.807, 2.05) is 0 Å². The maximum absolute atomic E-state index is 11.8. The van der Waals surface area contributed by atoms with Gasteiger partial charge in [0.25, 0.3) is 0 Å². The van der Waals surface area contributed by atoms with Crippen molar-refractivity contribution in [3.8, 4) is 11.5 Å². The van der Waals surface area contributed by atoms with E-state index in [1.165, 1.54) is 44.1 Å². The van der Waals surface area contributed by atoms with Gasteiger partial charge in [0.2, 0.25) is 0 Å². The average Bonchev–Trinajstić information content (AvgIpc) is 2.96. The van der Waals surface area contributed by atoms with Crippen molar-refractivity contribution in [2.24, 2.45) is 17.8 Å². The molecular weight excluding hydrogens is 520 g/mol. The van der Waals surface area contributed by atoms with E-state index in [4.69, 9.17) is 18.9 Å². The molecule has 0 bridgehead atoms. The van der Waals surface area contributed by atoms with Crippen molar-refractivity contribution in [2.45, 2.75) is 90.9 Å². The lowest BCUT2D eigenvalue weighted by atomic mass is 9.68. The fraction of sp³-hybridized carbons (Fsp3) is 0.647. The van der Waals surface area contributed by atoms with Gasteiger partial charge in [-0.3, -0.25) is 0 Å². The topological polar surface area (TPSA) is 91.3 Å². The van der Waals surface area contributed by atoms with Crippen LogP contribution in [0.2, 0.25) is 0 Å². The van der Waals surface area contributed by atoms with Crippen LogP contribution in [0.4, 0.5) is 0 Å². The van der Waals surface area contributed by atoms with E-state index in [1.54, 1.807) is 13.8 Å². The van der Waals surface area contributed by atoms with Gasteiger partial charge in [0.05, 0.1) is 0 Å². The molecule has 1 N–H and O–H groups in total. The summed E-state index contributed by atoms with van der Waals surface area (Å²) in [6.45, 7) is 13.5. The second-order valence-electron chi connectivity index (χ2n) is 12.0. The smallest absolute Gasteiger partial charge is 0.333 e. The molecule has 1 aromatic rings. The molecule has 0 heterocycles. The lowest BCUT2D eigenvalue weighted by molar-refractivity contribution is -0.140. The number of esters is 2. The zero-order valence-electron chi connectivity index (χ0n) is 25.4. The number of carbonyl (C=O) groups excluding carboxylic acids is 2. The predicted molar refractivity (Wildman–Crippen MR) is 160 cm³/mol. The van der Waals surface area contributed by atoms with E-state index in [0.29, 0.717) is 41.4 Å². The minimum atomic E-state index is -0.444. The van der Waals surface area contributed by atoms with Crippen molar-refractivity contribution >= 4 is 11.9 Å². The van der Waals surface area contributed by atoms with Gasteiger partial charge in [-0.1, -0.05) is 32.9 Å². The molecule has 0 radical (unpaired) electrons. The lowest BCUT2D eigenvalue weighted by Crippen LogP contribution is -2.25. The Kier molecular flexibility index (Phi) is 13.2. The number of rotatable bonds is 15. The number of ether oxygens (including phenoxy) is 4. The number of hydrogen-bond donors (Lipinski definition) is 1. The zero-order valence-corrected chi connectivity index (χ0v) is 25.4. The predicted octanol–water partition coefficient (Wildman–Crippen LogP) is 6.71. The molecule has 0 saturated heterocycles. The molecule has 0 amide bonds. The van der Waals surface area contributed by atoms with Crippen LogP contribution in [0.5, 0.6) is 11.5 Å². The molecule has 2 fully saturated rings. The van der Waals surface area contributed by atoms with Gasteiger partial charge in [0.15, 0.2) is 0 Å². The van der Waals surface area contributed by atoms with Gasteiger partial charge in [-0.05, 0) is 107 Å². The van der Waals surface area contributed by atoms with Crippen LogP contribution in [0, 0.1) is 17.8 Å². The van der Waals surface area contributed by atoms with E-state index >= 15 is 0 Å². The van der Waals surface area contributed by atoms with Crippen LogP contribution < -0.4 is 9.47 Å². The third kappa shape index (κ3) is 10.2. The first-order chi connectivity index (χ1) is 19.7. The van der Waals surface area contributed by atoms with Crippen LogP contribution in [0.25, 0.3) is 0 Å². The first kappa shape index (κ1) is 32.7. The second kappa shape index (κ2) is 16.6. The van der Waals surface area contributed by atoms with Gasteiger partial charge < -0.3 is 24.1 Å². The molecule has 0 aliphatic heterocycles.